The molecule has 0 saturated heterocycles. The fourth-order valence-corrected chi connectivity index (χ4v) is 2.28. The Balaban J connectivity index is 2.23. The maximum Gasteiger partial charge on any atom is 0.271 e. The van der Waals surface area contributed by atoms with Crippen molar-refractivity contribution in [2.24, 2.45) is 0 Å². The summed E-state index contributed by atoms with van der Waals surface area (Å²) in [6, 6.07) is 4.32. The van der Waals surface area contributed by atoms with Crippen molar-refractivity contribution in [3.05, 3.63) is 49.9 Å². The van der Waals surface area contributed by atoms with Crippen molar-refractivity contribution in [1.82, 2.24) is 4.98 Å². The van der Waals surface area contributed by atoms with E-state index in [4.69, 9.17) is 11.6 Å². The SMILES string of the molecule is CC(Nc1cc([N+](=O)[O-])ccc1Cl)c1cncs1. The van der Waals surface area contributed by atoms with Gasteiger partial charge < -0.3 is 5.32 Å². The molecule has 1 heterocycles. The van der Waals surface area contributed by atoms with Crippen molar-refractivity contribution in [3.63, 3.8) is 0 Å². The van der Waals surface area contributed by atoms with Crippen LogP contribution in [0.4, 0.5) is 11.4 Å². The molecule has 0 saturated carbocycles. The molecule has 0 spiro atoms. The molecule has 1 atom stereocenters. The van der Waals surface area contributed by atoms with Gasteiger partial charge >= 0.3 is 0 Å². The van der Waals surface area contributed by atoms with Crippen LogP contribution in [0.15, 0.2) is 29.9 Å². The van der Waals surface area contributed by atoms with Crippen LogP contribution in [0.2, 0.25) is 5.02 Å². The zero-order chi connectivity index (χ0) is 13.1. The Kier molecular flexibility index (Phi) is 3.78. The maximum atomic E-state index is 10.7. The highest BCUT2D eigenvalue weighted by Gasteiger charge is 2.13. The second-order valence-electron chi connectivity index (χ2n) is 3.69. The Morgan fingerprint density at radius 2 is 2.33 bits per heavy atom. The molecular formula is C11H10ClN3O2S. The van der Waals surface area contributed by atoms with Gasteiger partial charge in [-0.1, -0.05) is 11.6 Å². The van der Waals surface area contributed by atoms with E-state index < -0.39 is 4.92 Å². The van der Waals surface area contributed by atoms with E-state index in [-0.39, 0.29) is 11.7 Å². The van der Waals surface area contributed by atoms with Gasteiger partial charge in [0, 0.05) is 23.2 Å². The molecule has 2 aromatic rings. The summed E-state index contributed by atoms with van der Waals surface area (Å²) in [6.07, 6.45) is 1.76. The van der Waals surface area contributed by atoms with E-state index in [2.05, 4.69) is 10.3 Å². The van der Waals surface area contributed by atoms with Crippen molar-refractivity contribution in [2.45, 2.75) is 13.0 Å². The molecule has 5 nitrogen and oxygen atoms in total. The average Bonchev–Trinajstić information content (AvgIpc) is 2.85. The Morgan fingerprint density at radius 3 is 2.94 bits per heavy atom. The first kappa shape index (κ1) is 12.8. The molecule has 7 heteroatoms. The predicted octanol–water partition coefficient (Wildman–Crippen LogP) is 3.88. The molecule has 0 radical (unpaired) electrons. The summed E-state index contributed by atoms with van der Waals surface area (Å²) in [7, 11) is 0. The molecule has 0 aliphatic carbocycles. The van der Waals surface area contributed by atoms with Crippen LogP contribution in [0.5, 0.6) is 0 Å². The van der Waals surface area contributed by atoms with Gasteiger partial charge in [-0.3, -0.25) is 15.1 Å². The molecule has 1 aromatic carbocycles. The Morgan fingerprint density at radius 1 is 1.56 bits per heavy atom. The molecule has 0 bridgehead atoms. The Hall–Kier alpha value is -1.66. The number of hydrogen-bond acceptors (Lipinski definition) is 5. The van der Waals surface area contributed by atoms with E-state index in [0.29, 0.717) is 10.7 Å². The molecule has 0 fully saturated rings. The minimum atomic E-state index is -0.446. The molecule has 2 rings (SSSR count). The number of nitro groups is 1. The van der Waals surface area contributed by atoms with Crippen LogP contribution in [-0.4, -0.2) is 9.91 Å². The normalized spacial score (nSPS) is 12.1. The topological polar surface area (TPSA) is 68.1 Å². The second kappa shape index (κ2) is 5.32. The van der Waals surface area contributed by atoms with E-state index in [1.165, 1.54) is 29.5 Å². The molecule has 0 amide bonds. The van der Waals surface area contributed by atoms with Gasteiger partial charge in [0.05, 0.1) is 27.2 Å². The summed E-state index contributed by atoms with van der Waals surface area (Å²) in [5.74, 6) is 0. The number of thiazole rings is 1. The lowest BCUT2D eigenvalue weighted by molar-refractivity contribution is -0.384. The summed E-state index contributed by atoms with van der Waals surface area (Å²) in [4.78, 5) is 15.3. The Labute approximate surface area is 113 Å². The quantitative estimate of drug-likeness (QED) is 0.683. The first-order valence-corrected chi connectivity index (χ1v) is 6.42. The molecular weight excluding hydrogens is 274 g/mol. The lowest BCUT2D eigenvalue weighted by Gasteiger charge is -2.14. The average molecular weight is 284 g/mol. The van der Waals surface area contributed by atoms with Gasteiger partial charge in [0.25, 0.3) is 5.69 Å². The number of hydrogen-bond donors (Lipinski definition) is 1. The maximum absolute atomic E-state index is 10.7. The largest absolute Gasteiger partial charge is 0.376 e. The smallest absolute Gasteiger partial charge is 0.271 e. The summed E-state index contributed by atoms with van der Waals surface area (Å²) in [5.41, 5.74) is 2.30. The number of nitrogens with one attached hydrogen (secondary N) is 1. The van der Waals surface area contributed by atoms with Crippen LogP contribution < -0.4 is 5.32 Å². The fourth-order valence-electron chi connectivity index (χ4n) is 1.48. The fraction of sp³-hybridized carbons (Fsp3) is 0.182. The number of benzene rings is 1. The number of aromatic nitrogens is 1. The second-order valence-corrected chi connectivity index (χ2v) is 5.02. The van der Waals surface area contributed by atoms with E-state index in [1.807, 2.05) is 6.92 Å². The molecule has 18 heavy (non-hydrogen) atoms. The number of halogens is 1. The standard InChI is InChI=1S/C11H10ClN3O2S/c1-7(11-5-13-6-18-11)14-10-4-8(15(16)17)2-3-9(10)12/h2-7,14H,1H3. The van der Waals surface area contributed by atoms with Crippen molar-refractivity contribution in [1.29, 1.82) is 0 Å². The first-order valence-electron chi connectivity index (χ1n) is 5.17. The van der Waals surface area contributed by atoms with Gasteiger partial charge in [0.2, 0.25) is 0 Å². The van der Waals surface area contributed by atoms with Gasteiger partial charge in [-0.25, -0.2) is 0 Å². The predicted molar refractivity (Wildman–Crippen MR) is 72.3 cm³/mol. The van der Waals surface area contributed by atoms with Crippen LogP contribution in [0.3, 0.4) is 0 Å². The minimum absolute atomic E-state index is 0.00277. The summed E-state index contributed by atoms with van der Waals surface area (Å²) < 4.78 is 0. The highest BCUT2D eigenvalue weighted by molar-refractivity contribution is 7.09. The van der Waals surface area contributed by atoms with E-state index >= 15 is 0 Å². The number of anilines is 1. The van der Waals surface area contributed by atoms with Crippen molar-refractivity contribution in [2.75, 3.05) is 5.32 Å². The van der Waals surface area contributed by atoms with Crippen molar-refractivity contribution in [3.8, 4) is 0 Å². The number of nitro benzene ring substituents is 1. The molecule has 1 N–H and O–H groups in total. The zero-order valence-corrected chi connectivity index (χ0v) is 11.0. The zero-order valence-electron chi connectivity index (χ0n) is 9.46. The van der Waals surface area contributed by atoms with Gasteiger partial charge in [-0.05, 0) is 13.0 Å². The van der Waals surface area contributed by atoms with Crippen LogP contribution in [0.1, 0.15) is 17.8 Å². The molecule has 1 aromatic heterocycles. The van der Waals surface area contributed by atoms with Gasteiger partial charge in [0.15, 0.2) is 0 Å². The van der Waals surface area contributed by atoms with Crippen LogP contribution in [0, 0.1) is 10.1 Å². The summed E-state index contributed by atoms with van der Waals surface area (Å²) in [5, 5.41) is 14.3. The molecule has 1 unspecified atom stereocenters. The van der Waals surface area contributed by atoms with Crippen molar-refractivity contribution < 1.29 is 4.92 Å². The first-order chi connectivity index (χ1) is 8.58. The number of nitrogens with zero attached hydrogens (tertiary/aromatic N) is 2. The summed E-state index contributed by atoms with van der Waals surface area (Å²) >= 11 is 7.53. The number of non-ortho nitro benzene ring substituents is 1. The summed E-state index contributed by atoms with van der Waals surface area (Å²) in [6.45, 7) is 1.95. The van der Waals surface area contributed by atoms with Gasteiger partial charge in [-0.2, -0.15) is 0 Å². The molecule has 0 aliphatic rings. The highest BCUT2D eigenvalue weighted by Crippen LogP contribution is 2.30. The minimum Gasteiger partial charge on any atom is -0.376 e. The van der Waals surface area contributed by atoms with Crippen LogP contribution in [0.25, 0.3) is 0 Å². The molecule has 94 valence electrons. The van der Waals surface area contributed by atoms with Gasteiger partial charge in [-0.15, -0.1) is 11.3 Å². The third kappa shape index (κ3) is 2.77. The Bertz CT molecular complexity index is 559. The van der Waals surface area contributed by atoms with E-state index in [9.17, 15) is 10.1 Å². The van der Waals surface area contributed by atoms with Gasteiger partial charge in [0.1, 0.15) is 0 Å². The van der Waals surface area contributed by atoms with Crippen LogP contribution in [-0.2, 0) is 0 Å². The van der Waals surface area contributed by atoms with Crippen LogP contribution >= 0.6 is 22.9 Å². The highest BCUT2D eigenvalue weighted by atomic mass is 35.5. The van der Waals surface area contributed by atoms with E-state index in [0.717, 1.165) is 4.88 Å². The third-order valence-corrected chi connectivity index (χ3v) is 3.70. The number of rotatable bonds is 4. The lowest BCUT2D eigenvalue weighted by atomic mass is 10.2. The molecule has 0 aliphatic heterocycles. The van der Waals surface area contributed by atoms with E-state index in [1.54, 1.807) is 11.7 Å². The monoisotopic (exact) mass is 283 g/mol. The lowest BCUT2D eigenvalue weighted by Crippen LogP contribution is -2.05. The third-order valence-electron chi connectivity index (χ3n) is 2.41. The van der Waals surface area contributed by atoms with Crippen molar-refractivity contribution >= 4 is 34.3 Å².